The fourth-order valence-electron chi connectivity index (χ4n) is 2.72. The number of rotatable bonds is 8. The van der Waals surface area contributed by atoms with E-state index < -0.39 is 0 Å². The number of aliphatic imine (C=N–C) groups is 1. The summed E-state index contributed by atoms with van der Waals surface area (Å²) in [5.74, 6) is 1.17. The second kappa shape index (κ2) is 10.7. The molecule has 158 valence electrons. The molecule has 0 radical (unpaired) electrons. The highest BCUT2D eigenvalue weighted by molar-refractivity contribution is 7.11. The lowest BCUT2D eigenvalue weighted by Crippen LogP contribution is -2.38. The monoisotopic (exact) mass is 427 g/mol. The van der Waals surface area contributed by atoms with Crippen molar-refractivity contribution < 1.29 is 9.13 Å². The van der Waals surface area contributed by atoms with Gasteiger partial charge >= 0.3 is 0 Å². The number of nitrogens with zero attached hydrogens (tertiary/aromatic N) is 3. The molecule has 30 heavy (non-hydrogen) atoms. The average molecular weight is 428 g/mol. The largest absolute Gasteiger partial charge is 0.439 e. The van der Waals surface area contributed by atoms with E-state index in [1.807, 2.05) is 26.0 Å². The van der Waals surface area contributed by atoms with Crippen LogP contribution in [0.2, 0.25) is 0 Å². The van der Waals surface area contributed by atoms with Gasteiger partial charge in [0.05, 0.1) is 17.2 Å². The van der Waals surface area contributed by atoms with E-state index in [1.165, 1.54) is 17.0 Å². The first-order chi connectivity index (χ1) is 14.5. The number of aryl methyl sites for hydroxylation is 2. The Morgan fingerprint density at radius 2 is 2.07 bits per heavy atom. The Kier molecular flexibility index (Phi) is 7.73. The summed E-state index contributed by atoms with van der Waals surface area (Å²) in [5, 5.41) is 7.70. The zero-order valence-electron chi connectivity index (χ0n) is 17.4. The molecule has 0 saturated carbocycles. The lowest BCUT2D eigenvalue weighted by molar-refractivity contribution is 0.452. The van der Waals surface area contributed by atoms with Crippen LogP contribution in [0.5, 0.6) is 11.6 Å². The second-order valence-electron chi connectivity index (χ2n) is 6.65. The van der Waals surface area contributed by atoms with Crippen LogP contribution >= 0.6 is 11.3 Å². The van der Waals surface area contributed by atoms with Gasteiger partial charge in [0.15, 0.2) is 5.96 Å². The molecule has 2 heterocycles. The molecule has 0 saturated heterocycles. The molecule has 0 bridgehead atoms. The number of guanidine groups is 1. The number of thiazole rings is 1. The number of hydrogen-bond donors (Lipinski definition) is 2. The first-order valence-electron chi connectivity index (χ1n) is 9.87. The maximum atomic E-state index is 13.4. The lowest BCUT2D eigenvalue weighted by Gasteiger charge is -2.12. The highest BCUT2D eigenvalue weighted by Gasteiger charge is 2.08. The SMILES string of the molecule is CCNC(=NCc1cccnc1Oc1cccc(F)c1)NCCc1nc(C)c(C)s1. The fraction of sp³-hybridized carbons (Fsp3) is 0.318. The summed E-state index contributed by atoms with van der Waals surface area (Å²) >= 11 is 1.73. The molecule has 8 heteroatoms. The molecule has 0 fully saturated rings. The fourth-order valence-corrected chi connectivity index (χ4v) is 3.65. The number of ether oxygens (including phenoxy) is 1. The minimum atomic E-state index is -0.354. The third kappa shape index (κ3) is 6.25. The molecular weight excluding hydrogens is 401 g/mol. The molecule has 0 spiro atoms. The van der Waals surface area contributed by atoms with Crippen LogP contribution < -0.4 is 15.4 Å². The summed E-state index contributed by atoms with van der Waals surface area (Å²) < 4.78 is 19.2. The van der Waals surface area contributed by atoms with Crippen molar-refractivity contribution in [2.45, 2.75) is 33.7 Å². The minimum Gasteiger partial charge on any atom is -0.439 e. The van der Waals surface area contributed by atoms with Crippen LogP contribution in [0.4, 0.5) is 4.39 Å². The Morgan fingerprint density at radius 3 is 2.80 bits per heavy atom. The third-order valence-electron chi connectivity index (χ3n) is 4.32. The van der Waals surface area contributed by atoms with Crippen LogP contribution in [-0.4, -0.2) is 29.0 Å². The summed E-state index contributed by atoms with van der Waals surface area (Å²) in [7, 11) is 0. The van der Waals surface area contributed by atoms with Crippen molar-refractivity contribution in [3.8, 4) is 11.6 Å². The van der Waals surface area contributed by atoms with E-state index in [0.717, 1.165) is 35.8 Å². The Hall–Kier alpha value is -3.00. The first-order valence-corrected chi connectivity index (χ1v) is 10.7. The van der Waals surface area contributed by atoms with Crippen LogP contribution in [-0.2, 0) is 13.0 Å². The van der Waals surface area contributed by atoms with Crippen molar-refractivity contribution in [3.63, 3.8) is 0 Å². The van der Waals surface area contributed by atoms with Gasteiger partial charge in [-0.15, -0.1) is 11.3 Å². The Bertz CT molecular complexity index is 985. The van der Waals surface area contributed by atoms with E-state index in [1.54, 1.807) is 29.7 Å². The molecule has 3 rings (SSSR count). The third-order valence-corrected chi connectivity index (χ3v) is 5.45. The van der Waals surface area contributed by atoms with Gasteiger partial charge in [-0.25, -0.2) is 19.4 Å². The Labute approximate surface area is 180 Å². The van der Waals surface area contributed by atoms with Gasteiger partial charge in [-0.2, -0.15) is 0 Å². The van der Waals surface area contributed by atoms with Gasteiger partial charge in [-0.3, -0.25) is 0 Å². The predicted molar refractivity (Wildman–Crippen MR) is 119 cm³/mol. The van der Waals surface area contributed by atoms with Crippen LogP contribution in [0, 0.1) is 19.7 Å². The quantitative estimate of drug-likeness (QED) is 0.412. The first kappa shape index (κ1) is 21.7. The number of aromatic nitrogens is 2. The summed E-state index contributed by atoms with van der Waals surface area (Å²) in [5.41, 5.74) is 1.91. The zero-order valence-corrected chi connectivity index (χ0v) is 18.2. The maximum Gasteiger partial charge on any atom is 0.224 e. The van der Waals surface area contributed by atoms with E-state index in [9.17, 15) is 4.39 Å². The van der Waals surface area contributed by atoms with Gasteiger partial charge in [0.25, 0.3) is 0 Å². The normalized spacial score (nSPS) is 11.4. The van der Waals surface area contributed by atoms with Crippen LogP contribution in [0.15, 0.2) is 47.6 Å². The molecule has 0 amide bonds. The lowest BCUT2D eigenvalue weighted by atomic mass is 10.2. The van der Waals surface area contributed by atoms with E-state index in [4.69, 9.17) is 4.74 Å². The summed E-state index contributed by atoms with van der Waals surface area (Å²) in [6.45, 7) is 8.01. The predicted octanol–water partition coefficient (Wildman–Crippen LogP) is 4.38. The molecule has 0 aliphatic carbocycles. The molecule has 3 aromatic rings. The number of pyridine rings is 1. The summed E-state index contributed by atoms with van der Waals surface area (Å²) in [6, 6.07) is 9.73. The van der Waals surface area contributed by atoms with Crippen LogP contribution in [0.3, 0.4) is 0 Å². The summed E-state index contributed by atoms with van der Waals surface area (Å²) in [6.07, 6.45) is 2.48. The van der Waals surface area contributed by atoms with E-state index in [0.29, 0.717) is 24.1 Å². The van der Waals surface area contributed by atoms with Crippen molar-refractivity contribution in [1.82, 2.24) is 20.6 Å². The second-order valence-corrected chi connectivity index (χ2v) is 7.94. The van der Waals surface area contributed by atoms with Crippen molar-refractivity contribution in [2.75, 3.05) is 13.1 Å². The standard InChI is InChI=1S/C22H26FN5OS/c1-4-24-22(26-12-10-20-28-15(2)16(3)30-20)27-14-17-7-6-11-25-21(17)29-19-9-5-8-18(23)13-19/h5-9,11,13H,4,10,12,14H2,1-3H3,(H2,24,26,27). The number of halogens is 1. The molecule has 1 aromatic carbocycles. The molecule has 0 unspecified atom stereocenters. The van der Waals surface area contributed by atoms with Gasteiger partial charge < -0.3 is 15.4 Å². The van der Waals surface area contributed by atoms with Crippen LogP contribution in [0.25, 0.3) is 0 Å². The van der Waals surface area contributed by atoms with Crippen molar-refractivity contribution >= 4 is 17.3 Å². The smallest absolute Gasteiger partial charge is 0.224 e. The van der Waals surface area contributed by atoms with E-state index in [-0.39, 0.29) is 5.82 Å². The van der Waals surface area contributed by atoms with Gasteiger partial charge in [0.2, 0.25) is 5.88 Å². The zero-order chi connectivity index (χ0) is 21.3. The summed E-state index contributed by atoms with van der Waals surface area (Å²) in [4.78, 5) is 14.7. The van der Waals surface area contributed by atoms with Gasteiger partial charge in [0.1, 0.15) is 11.6 Å². The van der Waals surface area contributed by atoms with Gasteiger partial charge in [0, 0.05) is 42.2 Å². The van der Waals surface area contributed by atoms with Gasteiger partial charge in [-0.1, -0.05) is 12.1 Å². The molecule has 0 aliphatic rings. The molecular formula is C22H26FN5OS. The number of hydrogen-bond acceptors (Lipinski definition) is 5. The molecule has 2 N–H and O–H groups in total. The minimum absolute atomic E-state index is 0.354. The molecule has 2 aromatic heterocycles. The van der Waals surface area contributed by atoms with E-state index in [2.05, 4.69) is 32.5 Å². The van der Waals surface area contributed by atoms with Crippen molar-refractivity contribution in [1.29, 1.82) is 0 Å². The Morgan fingerprint density at radius 1 is 1.20 bits per heavy atom. The van der Waals surface area contributed by atoms with E-state index >= 15 is 0 Å². The van der Waals surface area contributed by atoms with Crippen LogP contribution in [0.1, 0.15) is 28.1 Å². The maximum absolute atomic E-state index is 13.4. The highest BCUT2D eigenvalue weighted by Crippen LogP contribution is 2.24. The number of nitrogens with one attached hydrogen (secondary N) is 2. The van der Waals surface area contributed by atoms with Gasteiger partial charge in [-0.05, 0) is 39.0 Å². The molecule has 6 nitrogen and oxygen atoms in total. The van der Waals surface area contributed by atoms with Crippen molar-refractivity contribution in [3.05, 3.63) is 69.6 Å². The Balaban J connectivity index is 1.64. The molecule has 0 aliphatic heterocycles. The average Bonchev–Trinajstić information content (AvgIpc) is 3.04. The number of benzene rings is 1. The highest BCUT2D eigenvalue weighted by atomic mass is 32.1. The topological polar surface area (TPSA) is 71.4 Å². The van der Waals surface area contributed by atoms with Crippen molar-refractivity contribution in [2.24, 2.45) is 4.99 Å². The molecule has 0 atom stereocenters.